The molecule has 1 saturated heterocycles. The molecule has 2 atom stereocenters. The van der Waals surface area contributed by atoms with Crippen LogP contribution in [-0.2, 0) is 19.1 Å². The highest BCUT2D eigenvalue weighted by Crippen LogP contribution is 2.22. The quantitative estimate of drug-likeness (QED) is 0.180. The second kappa shape index (κ2) is 9.06. The molecule has 0 saturated carbocycles. The molecule has 0 radical (unpaired) electrons. The molecule has 118 valence electrons. The van der Waals surface area contributed by atoms with E-state index in [1.165, 1.54) is 24.2 Å². The molecule has 0 aromatic rings. The molecule has 2 unspecified atom stereocenters. The smallest absolute Gasteiger partial charge is 0.319 e. The molecule has 1 fully saturated rings. The van der Waals surface area contributed by atoms with Crippen molar-refractivity contribution in [2.45, 2.75) is 25.2 Å². The Labute approximate surface area is 122 Å². The Bertz CT molecular complexity index is 412. The number of carbonyl (C=O) groups is 2. The van der Waals surface area contributed by atoms with Crippen LogP contribution >= 0.6 is 0 Å². The van der Waals surface area contributed by atoms with Crippen molar-refractivity contribution in [2.24, 2.45) is 10.7 Å². The first-order valence-corrected chi connectivity index (χ1v) is 6.43. The van der Waals surface area contributed by atoms with Gasteiger partial charge in [0.2, 0.25) is 6.41 Å². The predicted octanol–water partition coefficient (Wildman–Crippen LogP) is -1.03. The van der Waals surface area contributed by atoms with Gasteiger partial charge in [0.1, 0.15) is 18.7 Å². The van der Waals surface area contributed by atoms with Gasteiger partial charge in [0.25, 0.3) is 0 Å². The third kappa shape index (κ3) is 5.50. The van der Waals surface area contributed by atoms with Crippen LogP contribution < -0.4 is 11.2 Å². The lowest BCUT2D eigenvalue weighted by molar-refractivity contribution is -0.148. The number of rotatable bonds is 7. The lowest BCUT2D eigenvalue weighted by Gasteiger charge is -2.21. The monoisotopic (exact) mass is 300 g/mol. The average molecular weight is 300 g/mol. The summed E-state index contributed by atoms with van der Waals surface area (Å²) in [5, 5.41) is 8.74. The minimum absolute atomic E-state index is 0.114. The first kappa shape index (κ1) is 17.1. The van der Waals surface area contributed by atoms with Crippen molar-refractivity contribution >= 4 is 18.2 Å². The van der Waals surface area contributed by atoms with Crippen LogP contribution in [0.3, 0.4) is 0 Å². The van der Waals surface area contributed by atoms with E-state index in [1.54, 1.807) is 0 Å². The van der Waals surface area contributed by atoms with E-state index in [0.29, 0.717) is 19.3 Å². The molecule has 1 aliphatic rings. The van der Waals surface area contributed by atoms with Crippen LogP contribution in [0.15, 0.2) is 17.3 Å². The number of nitrogens with two attached hydrogens (primary N) is 1. The van der Waals surface area contributed by atoms with E-state index in [2.05, 4.69) is 4.99 Å². The SMILES string of the molecule is CN=C(/C=C\N(C=O)C1CCC(COC(=O)CN)O1)NO. The van der Waals surface area contributed by atoms with Gasteiger partial charge < -0.3 is 15.2 Å². The van der Waals surface area contributed by atoms with E-state index in [9.17, 15) is 9.59 Å². The van der Waals surface area contributed by atoms with Gasteiger partial charge in [-0.15, -0.1) is 0 Å². The molecule has 1 rings (SSSR count). The molecule has 1 amide bonds. The number of amides is 1. The largest absolute Gasteiger partial charge is 0.462 e. The number of nitrogens with zero attached hydrogens (tertiary/aromatic N) is 2. The standard InChI is InChI=1S/C12H20N4O5/c1-14-10(15-19)4-5-16(8-17)11-3-2-9(21-11)7-20-12(18)6-13/h4-5,8-9,11,19H,2-3,6-7,13H2,1H3,(H,14,15)/b5-4-. The topological polar surface area (TPSA) is 126 Å². The zero-order chi connectivity index (χ0) is 15.7. The fourth-order valence-electron chi connectivity index (χ4n) is 1.79. The number of carbonyl (C=O) groups excluding carboxylic acids is 2. The van der Waals surface area contributed by atoms with Gasteiger partial charge in [-0.25, -0.2) is 0 Å². The van der Waals surface area contributed by atoms with Gasteiger partial charge in [-0.3, -0.25) is 30.2 Å². The summed E-state index contributed by atoms with van der Waals surface area (Å²) in [6.45, 7) is -0.0601. The maximum atomic E-state index is 11.1. The molecule has 9 heteroatoms. The molecular weight excluding hydrogens is 280 g/mol. The molecule has 4 N–H and O–H groups in total. The molecule has 9 nitrogen and oxygen atoms in total. The second-order valence-corrected chi connectivity index (χ2v) is 4.27. The Kier molecular flexibility index (Phi) is 7.37. The molecule has 1 heterocycles. The van der Waals surface area contributed by atoms with Crippen molar-refractivity contribution < 1.29 is 24.3 Å². The van der Waals surface area contributed by atoms with Gasteiger partial charge in [-0.2, -0.15) is 0 Å². The number of nitrogens with one attached hydrogen (secondary N) is 1. The predicted molar refractivity (Wildman–Crippen MR) is 73.2 cm³/mol. The minimum Gasteiger partial charge on any atom is -0.462 e. The van der Waals surface area contributed by atoms with E-state index >= 15 is 0 Å². The summed E-state index contributed by atoms with van der Waals surface area (Å²) < 4.78 is 10.5. The van der Waals surface area contributed by atoms with Crippen LogP contribution in [0.4, 0.5) is 0 Å². The number of aliphatic imine (C=N–C) groups is 1. The molecule has 21 heavy (non-hydrogen) atoms. The van der Waals surface area contributed by atoms with E-state index in [0.717, 1.165) is 0 Å². The van der Waals surface area contributed by atoms with Crippen molar-refractivity contribution in [3.05, 3.63) is 12.3 Å². The average Bonchev–Trinajstić information content (AvgIpc) is 2.98. The highest BCUT2D eigenvalue weighted by atomic mass is 16.6. The van der Waals surface area contributed by atoms with Crippen LogP contribution in [0.1, 0.15) is 12.8 Å². The Balaban J connectivity index is 2.49. The molecular formula is C12H20N4O5. The molecule has 0 aliphatic carbocycles. The first-order valence-electron chi connectivity index (χ1n) is 6.43. The van der Waals surface area contributed by atoms with Crippen molar-refractivity contribution in [3.8, 4) is 0 Å². The van der Waals surface area contributed by atoms with Crippen LogP contribution in [0.25, 0.3) is 0 Å². The number of esters is 1. The Morgan fingerprint density at radius 2 is 2.38 bits per heavy atom. The van der Waals surface area contributed by atoms with Crippen LogP contribution in [-0.4, -0.2) is 60.9 Å². The Morgan fingerprint density at radius 3 is 2.95 bits per heavy atom. The van der Waals surface area contributed by atoms with E-state index < -0.39 is 12.2 Å². The number of amidine groups is 1. The summed E-state index contributed by atoms with van der Waals surface area (Å²) in [6.07, 6.45) is 4.04. The third-order valence-corrected chi connectivity index (χ3v) is 2.90. The Hall–Kier alpha value is -1.97. The summed E-state index contributed by atoms with van der Waals surface area (Å²) in [7, 11) is 1.49. The van der Waals surface area contributed by atoms with Gasteiger partial charge in [-0.05, 0) is 18.9 Å². The maximum absolute atomic E-state index is 11.1. The normalized spacial score (nSPS) is 22.3. The first-order chi connectivity index (χ1) is 10.1. The third-order valence-electron chi connectivity index (χ3n) is 2.90. The highest BCUT2D eigenvalue weighted by Gasteiger charge is 2.29. The van der Waals surface area contributed by atoms with Crippen molar-refractivity contribution in [3.63, 3.8) is 0 Å². The van der Waals surface area contributed by atoms with Crippen molar-refractivity contribution in [1.82, 2.24) is 10.4 Å². The summed E-state index contributed by atoms with van der Waals surface area (Å²) in [5.41, 5.74) is 7.01. The van der Waals surface area contributed by atoms with Gasteiger partial charge >= 0.3 is 5.97 Å². The molecule has 0 spiro atoms. The molecule has 1 aliphatic heterocycles. The van der Waals surface area contributed by atoms with E-state index in [-0.39, 0.29) is 25.1 Å². The number of hydroxylamine groups is 1. The summed E-state index contributed by atoms with van der Waals surface area (Å²) in [6, 6.07) is 0. The van der Waals surface area contributed by atoms with Gasteiger partial charge in [0, 0.05) is 13.2 Å². The van der Waals surface area contributed by atoms with Gasteiger partial charge in [0.05, 0.1) is 12.6 Å². The lowest BCUT2D eigenvalue weighted by atomic mass is 10.2. The van der Waals surface area contributed by atoms with Gasteiger partial charge in [-0.1, -0.05) is 0 Å². The van der Waals surface area contributed by atoms with E-state index in [1.807, 2.05) is 5.48 Å². The zero-order valence-corrected chi connectivity index (χ0v) is 11.8. The van der Waals surface area contributed by atoms with Crippen LogP contribution in [0.2, 0.25) is 0 Å². The lowest BCUT2D eigenvalue weighted by Crippen LogP contribution is -2.31. The summed E-state index contributed by atoms with van der Waals surface area (Å²) in [4.78, 5) is 27.1. The van der Waals surface area contributed by atoms with E-state index in [4.69, 9.17) is 20.4 Å². The Morgan fingerprint density at radius 1 is 1.62 bits per heavy atom. The van der Waals surface area contributed by atoms with Crippen LogP contribution in [0, 0.1) is 0 Å². The second-order valence-electron chi connectivity index (χ2n) is 4.27. The maximum Gasteiger partial charge on any atom is 0.319 e. The van der Waals surface area contributed by atoms with Crippen molar-refractivity contribution in [2.75, 3.05) is 20.2 Å². The molecule has 0 aromatic carbocycles. The number of hydrogen-bond acceptors (Lipinski definition) is 7. The number of hydrogen-bond donors (Lipinski definition) is 3. The van der Waals surface area contributed by atoms with Crippen LogP contribution in [0.5, 0.6) is 0 Å². The summed E-state index contributed by atoms with van der Waals surface area (Å²) >= 11 is 0. The molecule has 0 bridgehead atoms. The minimum atomic E-state index is -0.494. The highest BCUT2D eigenvalue weighted by molar-refractivity contribution is 5.91. The molecule has 0 aromatic heterocycles. The van der Waals surface area contributed by atoms with Gasteiger partial charge in [0.15, 0.2) is 0 Å². The summed E-state index contributed by atoms with van der Waals surface area (Å²) in [5.74, 6) is -0.291. The zero-order valence-electron chi connectivity index (χ0n) is 11.8. The fourth-order valence-corrected chi connectivity index (χ4v) is 1.79. The number of ether oxygens (including phenoxy) is 2. The van der Waals surface area contributed by atoms with Crippen molar-refractivity contribution in [1.29, 1.82) is 0 Å². The fraction of sp³-hybridized carbons (Fsp3) is 0.583.